The van der Waals surface area contributed by atoms with Crippen LogP contribution in [-0.2, 0) is 15.0 Å². The smallest absolute Gasteiger partial charge is 0.314 e. The summed E-state index contributed by atoms with van der Waals surface area (Å²) < 4.78 is 5.76. The van der Waals surface area contributed by atoms with Gasteiger partial charge in [-0.05, 0) is 42.5 Å². The lowest BCUT2D eigenvalue weighted by Crippen LogP contribution is -2.28. The molecule has 1 aromatic rings. The van der Waals surface area contributed by atoms with Crippen molar-refractivity contribution in [2.45, 2.75) is 24.7 Å². The summed E-state index contributed by atoms with van der Waals surface area (Å²) in [5.74, 6) is -1.65. The molecule has 5 heteroatoms. The Bertz CT molecular complexity index is 707. The van der Waals surface area contributed by atoms with Gasteiger partial charge in [0.1, 0.15) is 17.8 Å². The molecule has 1 unspecified atom stereocenters. The summed E-state index contributed by atoms with van der Waals surface area (Å²) in [6.07, 6.45) is 8.58. The highest BCUT2D eigenvalue weighted by atomic mass is 16.5. The number of carbonyl (C=O) groups excluding carboxylic acids is 1. The number of benzene rings is 1. The largest absolute Gasteiger partial charge is 0.489 e. The standard InChI is InChI=1S/C18H19NO4/c19-16(20)15-10-18(15,17(21)22)13-7-4-8-14(9-13)23-11-12-5-2-1-3-6-12/h2,4-9,15H,1,3,10-11H2,(H2,19,20)(H,21,22)/t15?,18-/m0/s1. The maximum Gasteiger partial charge on any atom is 0.314 e. The molecule has 1 saturated carbocycles. The highest BCUT2D eigenvalue weighted by Crippen LogP contribution is 2.54. The number of carboxylic acid groups (broad SMARTS) is 1. The van der Waals surface area contributed by atoms with Crippen molar-refractivity contribution in [2.24, 2.45) is 11.7 Å². The first-order valence-corrected chi connectivity index (χ1v) is 7.65. The van der Waals surface area contributed by atoms with Gasteiger partial charge in [0.15, 0.2) is 0 Å². The second-order valence-corrected chi connectivity index (χ2v) is 6.01. The van der Waals surface area contributed by atoms with Crippen molar-refractivity contribution >= 4 is 11.9 Å². The number of carboxylic acids is 1. The topological polar surface area (TPSA) is 89.6 Å². The highest BCUT2D eigenvalue weighted by molar-refractivity contribution is 5.96. The van der Waals surface area contributed by atoms with Gasteiger partial charge in [-0.25, -0.2) is 0 Å². The number of hydrogen-bond donors (Lipinski definition) is 2. The van der Waals surface area contributed by atoms with E-state index in [0.29, 0.717) is 17.9 Å². The number of amides is 1. The maximum absolute atomic E-state index is 11.6. The molecule has 3 N–H and O–H groups in total. The predicted molar refractivity (Wildman–Crippen MR) is 85.0 cm³/mol. The molecule has 0 heterocycles. The Morgan fingerprint density at radius 2 is 2.17 bits per heavy atom. The zero-order chi connectivity index (χ0) is 16.4. The fraction of sp³-hybridized carbons (Fsp3) is 0.333. The summed E-state index contributed by atoms with van der Waals surface area (Å²) in [5, 5.41) is 9.53. The number of ether oxygens (including phenoxy) is 1. The summed E-state index contributed by atoms with van der Waals surface area (Å²) in [4.78, 5) is 23.0. The van der Waals surface area contributed by atoms with Crippen LogP contribution in [0.15, 0.2) is 48.1 Å². The molecular formula is C18H19NO4. The number of rotatable bonds is 6. The first-order chi connectivity index (χ1) is 11.0. The molecule has 2 aliphatic carbocycles. The van der Waals surface area contributed by atoms with Crippen molar-refractivity contribution in [1.29, 1.82) is 0 Å². The van der Waals surface area contributed by atoms with Crippen molar-refractivity contribution in [1.82, 2.24) is 0 Å². The summed E-state index contributed by atoms with van der Waals surface area (Å²) >= 11 is 0. The van der Waals surface area contributed by atoms with E-state index in [4.69, 9.17) is 10.5 Å². The van der Waals surface area contributed by atoms with Gasteiger partial charge >= 0.3 is 5.97 Å². The van der Waals surface area contributed by atoms with Gasteiger partial charge in [-0.2, -0.15) is 0 Å². The minimum absolute atomic E-state index is 0.245. The van der Waals surface area contributed by atoms with Gasteiger partial charge < -0.3 is 15.6 Å². The summed E-state index contributed by atoms with van der Waals surface area (Å²) in [6, 6.07) is 6.94. The average Bonchev–Trinajstić information content (AvgIpc) is 3.32. The third-order valence-corrected chi connectivity index (χ3v) is 4.51. The van der Waals surface area contributed by atoms with Gasteiger partial charge in [0.2, 0.25) is 5.91 Å². The summed E-state index contributed by atoms with van der Waals surface area (Å²) in [5.41, 5.74) is 5.77. The van der Waals surface area contributed by atoms with Crippen molar-refractivity contribution < 1.29 is 19.4 Å². The van der Waals surface area contributed by atoms with Crippen molar-refractivity contribution in [2.75, 3.05) is 6.61 Å². The van der Waals surface area contributed by atoms with E-state index in [2.05, 4.69) is 12.2 Å². The molecule has 1 amide bonds. The fourth-order valence-electron chi connectivity index (χ4n) is 3.09. The molecule has 0 saturated heterocycles. The van der Waals surface area contributed by atoms with Crippen molar-refractivity contribution in [3.8, 4) is 5.75 Å². The lowest BCUT2D eigenvalue weighted by molar-refractivity contribution is -0.141. The SMILES string of the molecule is NC(=O)C1C[C@]1(C(=O)O)c1cccc(OCC2=CCCC=C2)c1. The van der Waals surface area contributed by atoms with E-state index in [9.17, 15) is 14.7 Å². The Labute approximate surface area is 134 Å². The monoisotopic (exact) mass is 313 g/mol. The zero-order valence-electron chi connectivity index (χ0n) is 12.7. The van der Waals surface area contributed by atoms with Crippen LogP contribution in [0.25, 0.3) is 0 Å². The Morgan fingerprint density at radius 1 is 1.35 bits per heavy atom. The molecule has 1 fully saturated rings. The summed E-state index contributed by atoms with van der Waals surface area (Å²) in [7, 11) is 0. The van der Waals surface area contributed by atoms with Gasteiger partial charge in [-0.1, -0.05) is 30.4 Å². The van der Waals surface area contributed by atoms with E-state index < -0.39 is 23.2 Å². The van der Waals surface area contributed by atoms with E-state index in [1.165, 1.54) is 0 Å². The minimum atomic E-state index is -1.20. The van der Waals surface area contributed by atoms with E-state index in [1.807, 2.05) is 6.08 Å². The molecule has 5 nitrogen and oxygen atoms in total. The highest BCUT2D eigenvalue weighted by Gasteiger charge is 2.64. The molecule has 2 atom stereocenters. The molecule has 2 aliphatic rings. The Kier molecular flexibility index (Phi) is 3.94. The van der Waals surface area contributed by atoms with Crippen LogP contribution in [-0.4, -0.2) is 23.6 Å². The summed E-state index contributed by atoms with van der Waals surface area (Å²) in [6.45, 7) is 0.444. The van der Waals surface area contributed by atoms with Crippen LogP contribution in [0.3, 0.4) is 0 Å². The quantitative estimate of drug-likeness (QED) is 0.842. The lowest BCUT2D eigenvalue weighted by atomic mass is 9.93. The van der Waals surface area contributed by atoms with Crippen LogP contribution in [0.2, 0.25) is 0 Å². The number of hydrogen-bond acceptors (Lipinski definition) is 3. The van der Waals surface area contributed by atoms with Crippen LogP contribution in [0, 0.1) is 5.92 Å². The van der Waals surface area contributed by atoms with Gasteiger partial charge in [0.25, 0.3) is 0 Å². The minimum Gasteiger partial charge on any atom is -0.489 e. The predicted octanol–water partition coefficient (Wildman–Crippen LogP) is 2.17. The third-order valence-electron chi connectivity index (χ3n) is 4.51. The van der Waals surface area contributed by atoms with E-state index in [0.717, 1.165) is 18.4 Å². The number of carbonyl (C=O) groups is 2. The Morgan fingerprint density at radius 3 is 2.78 bits per heavy atom. The average molecular weight is 313 g/mol. The van der Waals surface area contributed by atoms with Crippen LogP contribution in [0.1, 0.15) is 24.8 Å². The van der Waals surface area contributed by atoms with Crippen molar-refractivity contribution in [3.05, 3.63) is 53.6 Å². The van der Waals surface area contributed by atoms with Gasteiger partial charge in [-0.3, -0.25) is 9.59 Å². The number of aliphatic carboxylic acids is 1. The number of nitrogens with two attached hydrogens (primary N) is 1. The number of primary amides is 1. The number of allylic oxidation sites excluding steroid dienone is 2. The van der Waals surface area contributed by atoms with E-state index in [1.54, 1.807) is 24.3 Å². The zero-order valence-corrected chi connectivity index (χ0v) is 12.7. The van der Waals surface area contributed by atoms with Gasteiger partial charge in [0, 0.05) is 0 Å². The van der Waals surface area contributed by atoms with Crippen LogP contribution < -0.4 is 10.5 Å². The maximum atomic E-state index is 11.6. The molecule has 23 heavy (non-hydrogen) atoms. The van der Waals surface area contributed by atoms with E-state index >= 15 is 0 Å². The molecule has 0 spiro atoms. The second kappa shape index (κ2) is 5.91. The van der Waals surface area contributed by atoms with Crippen LogP contribution >= 0.6 is 0 Å². The molecule has 0 aromatic heterocycles. The fourth-order valence-corrected chi connectivity index (χ4v) is 3.09. The third kappa shape index (κ3) is 2.86. The molecule has 1 aromatic carbocycles. The lowest BCUT2D eigenvalue weighted by Gasteiger charge is -2.14. The molecular weight excluding hydrogens is 294 g/mol. The first-order valence-electron chi connectivity index (χ1n) is 7.65. The van der Waals surface area contributed by atoms with E-state index in [-0.39, 0.29) is 6.42 Å². The van der Waals surface area contributed by atoms with Gasteiger partial charge in [0.05, 0.1) is 5.92 Å². The molecule has 0 radical (unpaired) electrons. The Hall–Kier alpha value is -2.56. The van der Waals surface area contributed by atoms with Gasteiger partial charge in [-0.15, -0.1) is 0 Å². The van der Waals surface area contributed by atoms with Crippen LogP contribution in [0.4, 0.5) is 0 Å². The second-order valence-electron chi connectivity index (χ2n) is 6.01. The van der Waals surface area contributed by atoms with Crippen LogP contribution in [0.5, 0.6) is 5.75 Å². The molecule has 0 bridgehead atoms. The molecule has 3 rings (SSSR count). The van der Waals surface area contributed by atoms with Crippen molar-refractivity contribution in [3.63, 3.8) is 0 Å². The molecule has 120 valence electrons. The molecule has 0 aliphatic heterocycles. The normalized spacial score (nSPS) is 25.6. The first kappa shape index (κ1) is 15.3. The Balaban J connectivity index is 1.77.